The van der Waals surface area contributed by atoms with Gasteiger partial charge in [-0.25, -0.2) is 0 Å². The van der Waals surface area contributed by atoms with Crippen molar-refractivity contribution in [1.82, 2.24) is 5.16 Å². The van der Waals surface area contributed by atoms with Crippen LogP contribution >= 0.6 is 0 Å². The monoisotopic (exact) mass is 180 g/mol. The molecule has 2 rings (SSSR count). The van der Waals surface area contributed by atoms with Gasteiger partial charge in [0, 0.05) is 18.5 Å². The van der Waals surface area contributed by atoms with Crippen molar-refractivity contribution >= 4 is 0 Å². The summed E-state index contributed by atoms with van der Waals surface area (Å²) in [5.41, 5.74) is 7.82. The molecule has 0 unspecified atom stereocenters. The van der Waals surface area contributed by atoms with Gasteiger partial charge in [-0.15, -0.1) is 0 Å². The lowest BCUT2D eigenvalue weighted by Gasteiger charge is -2.22. The van der Waals surface area contributed by atoms with E-state index in [9.17, 15) is 0 Å². The normalized spacial score (nSPS) is 27.3. The third kappa shape index (κ3) is 1.37. The lowest BCUT2D eigenvalue weighted by Crippen LogP contribution is -2.15. The predicted octanol–water partition coefficient (Wildman–Crippen LogP) is 1.82. The molecule has 0 spiro atoms. The molecule has 1 heterocycles. The lowest BCUT2D eigenvalue weighted by atomic mass is 9.81. The Kier molecular flexibility index (Phi) is 2.12. The molecule has 72 valence electrons. The lowest BCUT2D eigenvalue weighted by molar-refractivity contribution is 0.333. The number of nitrogens with zero attached hydrogens (tertiary/aromatic N) is 1. The van der Waals surface area contributed by atoms with Crippen LogP contribution in [0.1, 0.15) is 43.2 Å². The molecule has 3 heteroatoms. The van der Waals surface area contributed by atoms with Crippen LogP contribution in [0.25, 0.3) is 0 Å². The molecule has 0 bridgehead atoms. The second-order valence-corrected chi connectivity index (χ2v) is 4.12. The van der Waals surface area contributed by atoms with Crippen LogP contribution in [0.5, 0.6) is 0 Å². The van der Waals surface area contributed by atoms with Gasteiger partial charge in [0.05, 0.1) is 0 Å². The first-order valence-electron chi connectivity index (χ1n) is 4.89. The zero-order valence-electron chi connectivity index (χ0n) is 8.21. The maximum Gasteiger partial charge on any atom is 0.140 e. The van der Waals surface area contributed by atoms with E-state index in [1.165, 1.54) is 12.0 Å². The molecule has 13 heavy (non-hydrogen) atoms. The van der Waals surface area contributed by atoms with Crippen molar-refractivity contribution in [3.8, 4) is 0 Å². The van der Waals surface area contributed by atoms with E-state index in [2.05, 4.69) is 19.0 Å². The predicted molar refractivity (Wildman–Crippen MR) is 50.3 cm³/mol. The topological polar surface area (TPSA) is 52.0 Å². The number of hydrogen-bond acceptors (Lipinski definition) is 3. The standard InChI is InChI=1S/C10H16N2O/c1-6-3-7(2)10-8(5-11)12-13-9(10)4-6/h6-7H,3-5,11H2,1-2H3/t6-,7+/m0/s1. The molecule has 1 aliphatic carbocycles. The first kappa shape index (κ1) is 8.75. The Bertz CT molecular complexity index is 306. The molecule has 1 aromatic heterocycles. The van der Waals surface area contributed by atoms with Crippen LogP contribution in [-0.2, 0) is 13.0 Å². The second-order valence-electron chi connectivity index (χ2n) is 4.12. The van der Waals surface area contributed by atoms with Crippen LogP contribution in [0.15, 0.2) is 4.52 Å². The molecule has 1 aromatic rings. The number of nitrogens with two attached hydrogens (primary N) is 1. The van der Waals surface area contributed by atoms with Crippen LogP contribution in [0.2, 0.25) is 0 Å². The third-order valence-corrected chi connectivity index (χ3v) is 2.85. The zero-order valence-corrected chi connectivity index (χ0v) is 8.21. The molecule has 0 aromatic carbocycles. The van der Waals surface area contributed by atoms with Crippen LogP contribution < -0.4 is 5.73 Å². The average molecular weight is 180 g/mol. The Morgan fingerprint density at radius 1 is 1.54 bits per heavy atom. The minimum absolute atomic E-state index is 0.498. The van der Waals surface area contributed by atoms with Gasteiger partial charge in [-0.05, 0) is 18.3 Å². The number of aromatic nitrogens is 1. The summed E-state index contributed by atoms with van der Waals surface area (Å²) in [4.78, 5) is 0. The highest BCUT2D eigenvalue weighted by Crippen LogP contribution is 2.36. The SMILES string of the molecule is C[C@@H]1Cc2onc(CN)c2[C@H](C)C1. The maximum absolute atomic E-state index is 5.59. The van der Waals surface area contributed by atoms with Crippen molar-refractivity contribution in [2.24, 2.45) is 11.7 Å². The summed E-state index contributed by atoms with van der Waals surface area (Å²) in [5.74, 6) is 2.33. The summed E-state index contributed by atoms with van der Waals surface area (Å²) in [6.07, 6.45) is 2.24. The third-order valence-electron chi connectivity index (χ3n) is 2.85. The summed E-state index contributed by atoms with van der Waals surface area (Å²) in [6, 6.07) is 0. The van der Waals surface area contributed by atoms with E-state index in [4.69, 9.17) is 10.3 Å². The van der Waals surface area contributed by atoms with Gasteiger partial charge in [-0.2, -0.15) is 0 Å². The number of fused-ring (bicyclic) bond motifs is 1. The molecule has 0 saturated heterocycles. The van der Waals surface area contributed by atoms with Crippen LogP contribution in [-0.4, -0.2) is 5.16 Å². The summed E-state index contributed by atoms with van der Waals surface area (Å²) in [7, 11) is 0. The van der Waals surface area contributed by atoms with Gasteiger partial charge >= 0.3 is 0 Å². The minimum Gasteiger partial charge on any atom is -0.361 e. The maximum atomic E-state index is 5.59. The van der Waals surface area contributed by atoms with Gasteiger partial charge < -0.3 is 10.3 Å². The minimum atomic E-state index is 0.498. The van der Waals surface area contributed by atoms with E-state index in [-0.39, 0.29) is 0 Å². The molecule has 0 aliphatic heterocycles. The Hall–Kier alpha value is -0.830. The fourth-order valence-corrected chi connectivity index (χ4v) is 2.34. The van der Waals surface area contributed by atoms with E-state index in [0.717, 1.165) is 17.9 Å². The highest BCUT2D eigenvalue weighted by atomic mass is 16.5. The summed E-state index contributed by atoms with van der Waals surface area (Å²) in [6.45, 7) is 4.98. The summed E-state index contributed by atoms with van der Waals surface area (Å²) >= 11 is 0. The summed E-state index contributed by atoms with van der Waals surface area (Å²) in [5, 5.41) is 4.00. The van der Waals surface area contributed by atoms with Crippen LogP contribution in [0.4, 0.5) is 0 Å². The highest BCUT2D eigenvalue weighted by Gasteiger charge is 2.27. The van der Waals surface area contributed by atoms with Crippen molar-refractivity contribution < 1.29 is 4.52 Å². The van der Waals surface area contributed by atoms with Gasteiger partial charge in [0.2, 0.25) is 0 Å². The smallest absolute Gasteiger partial charge is 0.140 e. The summed E-state index contributed by atoms with van der Waals surface area (Å²) < 4.78 is 5.29. The van der Waals surface area contributed by atoms with Crippen molar-refractivity contribution in [3.05, 3.63) is 17.0 Å². The molecule has 0 amide bonds. The van der Waals surface area contributed by atoms with E-state index in [0.29, 0.717) is 18.4 Å². The largest absolute Gasteiger partial charge is 0.361 e. The van der Waals surface area contributed by atoms with Gasteiger partial charge in [-0.3, -0.25) is 0 Å². The van der Waals surface area contributed by atoms with Gasteiger partial charge in [0.1, 0.15) is 11.5 Å². The van der Waals surface area contributed by atoms with Gasteiger partial charge in [0.25, 0.3) is 0 Å². The van der Waals surface area contributed by atoms with Crippen molar-refractivity contribution in [3.63, 3.8) is 0 Å². The van der Waals surface area contributed by atoms with Crippen molar-refractivity contribution in [1.29, 1.82) is 0 Å². The second kappa shape index (κ2) is 3.14. The Balaban J connectivity index is 2.40. The first-order chi connectivity index (χ1) is 6.22. The molecular formula is C10H16N2O. The molecule has 2 atom stereocenters. The van der Waals surface area contributed by atoms with E-state index < -0.39 is 0 Å². The van der Waals surface area contributed by atoms with Crippen LogP contribution in [0.3, 0.4) is 0 Å². The zero-order chi connectivity index (χ0) is 9.42. The first-order valence-corrected chi connectivity index (χ1v) is 4.89. The van der Waals surface area contributed by atoms with E-state index in [1.54, 1.807) is 0 Å². The molecule has 2 N–H and O–H groups in total. The van der Waals surface area contributed by atoms with Crippen LogP contribution in [0, 0.1) is 5.92 Å². The molecule has 0 radical (unpaired) electrons. The highest BCUT2D eigenvalue weighted by molar-refractivity contribution is 5.29. The van der Waals surface area contributed by atoms with Gasteiger partial charge in [0.15, 0.2) is 0 Å². The van der Waals surface area contributed by atoms with Crippen molar-refractivity contribution in [2.75, 3.05) is 0 Å². The molecule has 1 aliphatic rings. The van der Waals surface area contributed by atoms with E-state index >= 15 is 0 Å². The quantitative estimate of drug-likeness (QED) is 0.717. The Morgan fingerprint density at radius 3 is 3.00 bits per heavy atom. The van der Waals surface area contributed by atoms with E-state index in [1.807, 2.05) is 0 Å². The number of hydrogen-bond donors (Lipinski definition) is 1. The van der Waals surface area contributed by atoms with Crippen molar-refractivity contribution in [2.45, 2.75) is 39.2 Å². The number of rotatable bonds is 1. The molecule has 0 saturated carbocycles. The molecule has 3 nitrogen and oxygen atoms in total. The average Bonchev–Trinajstić information content (AvgIpc) is 2.47. The molecular weight excluding hydrogens is 164 g/mol. The van der Waals surface area contributed by atoms with Gasteiger partial charge in [-0.1, -0.05) is 19.0 Å². The molecule has 0 fully saturated rings. The fraction of sp³-hybridized carbons (Fsp3) is 0.700. The Morgan fingerprint density at radius 2 is 2.31 bits per heavy atom. The Labute approximate surface area is 78.3 Å². The fourth-order valence-electron chi connectivity index (χ4n) is 2.34.